The first-order valence-electron chi connectivity index (χ1n) is 9.18. The van der Waals surface area contributed by atoms with Crippen LogP contribution in [0.1, 0.15) is 28.7 Å². The molecule has 1 fully saturated rings. The van der Waals surface area contributed by atoms with Crippen LogP contribution in [0.2, 0.25) is 5.02 Å². The Bertz CT molecular complexity index is 794. The van der Waals surface area contributed by atoms with Gasteiger partial charge in [-0.3, -0.25) is 0 Å². The quantitative estimate of drug-likeness (QED) is 0.583. The predicted octanol–water partition coefficient (Wildman–Crippen LogP) is 1.94. The molecule has 152 valence electrons. The Morgan fingerprint density at radius 2 is 1.82 bits per heavy atom. The third kappa shape index (κ3) is 4.84. The molecule has 1 saturated heterocycles. The van der Waals surface area contributed by atoms with E-state index in [1.165, 1.54) is 0 Å². The van der Waals surface area contributed by atoms with Crippen LogP contribution in [0, 0.1) is 6.92 Å². The van der Waals surface area contributed by atoms with Crippen LogP contribution >= 0.6 is 11.6 Å². The van der Waals surface area contributed by atoms with Crippen molar-refractivity contribution < 1.29 is 29.9 Å². The predicted molar refractivity (Wildman–Crippen MR) is 104 cm³/mol. The van der Waals surface area contributed by atoms with Gasteiger partial charge in [0.15, 0.2) is 0 Å². The van der Waals surface area contributed by atoms with E-state index in [2.05, 4.69) is 0 Å². The van der Waals surface area contributed by atoms with Crippen molar-refractivity contribution in [2.45, 2.75) is 51.0 Å². The highest BCUT2D eigenvalue weighted by Gasteiger charge is 2.38. The Balaban J connectivity index is 1.91. The lowest BCUT2D eigenvalue weighted by molar-refractivity contribution is -0.240. The smallest absolute Gasteiger partial charge is 0.229 e. The van der Waals surface area contributed by atoms with E-state index in [9.17, 15) is 20.4 Å². The maximum atomic E-state index is 10.3. The normalized spacial score (nSPS) is 24.9. The first kappa shape index (κ1) is 21.0. The minimum atomic E-state index is -1.27. The van der Waals surface area contributed by atoms with Gasteiger partial charge in [-0.15, -0.1) is 0 Å². The van der Waals surface area contributed by atoms with Gasteiger partial charge in [0.1, 0.15) is 11.9 Å². The van der Waals surface area contributed by atoms with Crippen LogP contribution in [-0.2, 0) is 17.8 Å². The molecule has 3 rings (SSSR count). The summed E-state index contributed by atoms with van der Waals surface area (Å²) in [4.78, 5) is 0. The van der Waals surface area contributed by atoms with Gasteiger partial charge in [0.25, 0.3) is 0 Å². The topological polar surface area (TPSA) is 99.4 Å². The molecule has 2 aromatic rings. The summed E-state index contributed by atoms with van der Waals surface area (Å²) in [5, 5.41) is 39.6. The van der Waals surface area contributed by atoms with Crippen molar-refractivity contribution in [3.63, 3.8) is 0 Å². The lowest BCUT2D eigenvalue weighted by Gasteiger charge is -2.36. The largest absolute Gasteiger partial charge is 0.462 e. The number of hydrogen-bond acceptors (Lipinski definition) is 6. The van der Waals surface area contributed by atoms with Crippen molar-refractivity contribution in [1.82, 2.24) is 0 Å². The van der Waals surface area contributed by atoms with Crippen LogP contribution in [-0.4, -0.2) is 51.6 Å². The van der Waals surface area contributed by atoms with Crippen molar-refractivity contribution in [2.75, 3.05) is 6.61 Å². The number of aliphatic hydroxyl groups is 4. The molecular formula is C21H25ClO6. The molecule has 1 aliphatic rings. The highest BCUT2D eigenvalue weighted by molar-refractivity contribution is 6.31. The van der Waals surface area contributed by atoms with Crippen LogP contribution in [0.3, 0.4) is 0 Å². The number of aliphatic hydroxyl groups excluding tert-OH is 4. The zero-order chi connectivity index (χ0) is 20.3. The number of benzene rings is 2. The Morgan fingerprint density at radius 3 is 2.46 bits per heavy atom. The molecule has 0 radical (unpaired) electrons. The van der Waals surface area contributed by atoms with Crippen molar-refractivity contribution in [1.29, 1.82) is 0 Å². The van der Waals surface area contributed by atoms with Crippen molar-refractivity contribution in [3.8, 4) is 5.75 Å². The second-order valence-electron chi connectivity index (χ2n) is 7.10. The van der Waals surface area contributed by atoms with E-state index in [4.69, 9.17) is 21.1 Å². The molecule has 0 saturated carbocycles. The highest BCUT2D eigenvalue weighted by atomic mass is 35.5. The number of hydrogen-bond donors (Lipinski definition) is 4. The lowest BCUT2D eigenvalue weighted by atomic mass is 10.0. The Morgan fingerprint density at radius 1 is 1.11 bits per heavy atom. The summed E-state index contributed by atoms with van der Waals surface area (Å²) in [7, 11) is 0. The first-order chi connectivity index (χ1) is 13.4. The van der Waals surface area contributed by atoms with Crippen LogP contribution in [0.4, 0.5) is 0 Å². The fourth-order valence-electron chi connectivity index (χ4n) is 3.20. The van der Waals surface area contributed by atoms with E-state index in [0.29, 0.717) is 28.3 Å². The average Bonchev–Trinajstić information content (AvgIpc) is 2.68. The Kier molecular flexibility index (Phi) is 6.93. The summed E-state index contributed by atoms with van der Waals surface area (Å²) in [6.45, 7) is 1.49. The zero-order valence-electron chi connectivity index (χ0n) is 15.6. The van der Waals surface area contributed by atoms with Crippen LogP contribution in [0.25, 0.3) is 0 Å². The molecule has 2 aromatic carbocycles. The summed E-state index contributed by atoms with van der Waals surface area (Å²) in [6, 6.07) is 11.3. The Hall–Kier alpha value is -1.67. The van der Waals surface area contributed by atoms with E-state index in [-0.39, 0.29) is 19.6 Å². The average molecular weight is 409 g/mol. The molecule has 0 unspecified atom stereocenters. The van der Waals surface area contributed by atoms with E-state index in [1.54, 1.807) is 12.1 Å². The molecule has 1 aliphatic heterocycles. The fraction of sp³-hybridized carbons (Fsp3) is 0.429. The molecule has 1 heterocycles. The van der Waals surface area contributed by atoms with E-state index < -0.39 is 24.6 Å². The number of ether oxygens (including phenoxy) is 2. The van der Waals surface area contributed by atoms with Gasteiger partial charge >= 0.3 is 0 Å². The fourth-order valence-corrected chi connectivity index (χ4v) is 3.50. The van der Waals surface area contributed by atoms with Gasteiger partial charge in [0, 0.05) is 23.4 Å². The molecule has 0 aliphatic carbocycles. The number of halogens is 1. The molecule has 0 bridgehead atoms. The van der Waals surface area contributed by atoms with Crippen LogP contribution in [0.15, 0.2) is 36.4 Å². The molecule has 4 atom stereocenters. The van der Waals surface area contributed by atoms with Crippen molar-refractivity contribution in [3.05, 3.63) is 63.7 Å². The van der Waals surface area contributed by atoms with Gasteiger partial charge in [0.2, 0.25) is 6.29 Å². The standard InChI is InChI=1S/C21H25ClO6/c1-12-2-4-13(5-3-12)6-16-17(22)7-14(10-23)8-19(16)28-21-20(26)18(25)9-15(11-24)27-21/h2-5,7-8,15,18,20-21,23-26H,6,9-11H2,1H3/t15-,18-,20+,21-/m0/s1. The number of aryl methyl sites for hydroxylation is 1. The SMILES string of the molecule is Cc1ccc(Cc2c(Cl)cc(CO)cc2O[C@@H]2O[C@H](CO)C[C@H](O)[C@H]2O)cc1. The third-order valence-corrected chi connectivity index (χ3v) is 5.19. The molecule has 28 heavy (non-hydrogen) atoms. The van der Waals surface area contributed by atoms with Gasteiger partial charge < -0.3 is 29.9 Å². The molecule has 4 N–H and O–H groups in total. The van der Waals surface area contributed by atoms with Crippen LogP contribution in [0.5, 0.6) is 5.75 Å². The summed E-state index contributed by atoms with van der Waals surface area (Å²) in [5.74, 6) is 0.354. The third-order valence-electron chi connectivity index (χ3n) is 4.85. The van der Waals surface area contributed by atoms with Gasteiger partial charge in [-0.2, -0.15) is 0 Å². The minimum absolute atomic E-state index is 0.116. The van der Waals surface area contributed by atoms with Gasteiger partial charge in [0.05, 0.1) is 25.4 Å². The zero-order valence-corrected chi connectivity index (χ0v) is 16.3. The maximum absolute atomic E-state index is 10.3. The molecule has 0 amide bonds. The van der Waals surface area contributed by atoms with E-state index in [1.807, 2.05) is 31.2 Å². The van der Waals surface area contributed by atoms with Gasteiger partial charge in [-0.05, 0) is 30.2 Å². The van der Waals surface area contributed by atoms with Gasteiger partial charge in [-0.25, -0.2) is 0 Å². The maximum Gasteiger partial charge on any atom is 0.229 e. The molecule has 6 nitrogen and oxygen atoms in total. The summed E-state index contributed by atoms with van der Waals surface area (Å²) >= 11 is 6.45. The molecule has 0 aromatic heterocycles. The summed E-state index contributed by atoms with van der Waals surface area (Å²) < 4.78 is 11.5. The highest BCUT2D eigenvalue weighted by Crippen LogP contribution is 2.33. The summed E-state index contributed by atoms with van der Waals surface area (Å²) in [6.07, 6.45) is -3.55. The molecular weight excluding hydrogens is 384 g/mol. The summed E-state index contributed by atoms with van der Waals surface area (Å²) in [5.41, 5.74) is 3.40. The second kappa shape index (κ2) is 9.22. The number of rotatable bonds is 6. The van der Waals surface area contributed by atoms with E-state index in [0.717, 1.165) is 11.1 Å². The second-order valence-corrected chi connectivity index (χ2v) is 7.50. The van der Waals surface area contributed by atoms with Crippen LogP contribution < -0.4 is 4.74 Å². The van der Waals surface area contributed by atoms with Gasteiger partial charge in [-0.1, -0.05) is 41.4 Å². The first-order valence-corrected chi connectivity index (χ1v) is 9.56. The molecule has 7 heteroatoms. The minimum Gasteiger partial charge on any atom is -0.462 e. The Labute approximate surface area is 168 Å². The lowest BCUT2D eigenvalue weighted by Crippen LogP contribution is -2.51. The molecule has 0 spiro atoms. The monoisotopic (exact) mass is 408 g/mol. The van der Waals surface area contributed by atoms with E-state index >= 15 is 0 Å². The van der Waals surface area contributed by atoms with Crippen molar-refractivity contribution >= 4 is 11.6 Å². The van der Waals surface area contributed by atoms with Crippen molar-refractivity contribution in [2.24, 2.45) is 0 Å².